The highest BCUT2D eigenvalue weighted by atomic mass is 15.0. The number of allylic oxidation sites excluding steroid dienone is 4. The second-order valence-corrected chi connectivity index (χ2v) is 11.8. The summed E-state index contributed by atoms with van der Waals surface area (Å²) in [5.74, 6) is 0. The molecule has 0 amide bonds. The predicted octanol–water partition coefficient (Wildman–Crippen LogP) is 8.19. The quantitative estimate of drug-likeness (QED) is 0.474. The Morgan fingerprint density at radius 3 is 2.00 bits per heavy atom. The van der Waals surface area contributed by atoms with E-state index in [0.29, 0.717) is 5.41 Å². The molecule has 1 N–H and O–H groups in total. The Morgan fingerprint density at radius 2 is 1.52 bits per heavy atom. The van der Waals surface area contributed by atoms with Gasteiger partial charge in [-0.05, 0) is 79.9 Å². The monoisotopic (exact) mass is 373 g/mol. The molecule has 1 nitrogen and oxygen atoms in total. The molecule has 0 aromatic carbocycles. The molecule has 0 aliphatic heterocycles. The summed E-state index contributed by atoms with van der Waals surface area (Å²) in [5, 5.41) is 3.55. The third-order valence-electron chi connectivity index (χ3n) is 6.04. The molecule has 1 rings (SSSR count). The predicted molar refractivity (Wildman–Crippen MR) is 123 cm³/mol. The summed E-state index contributed by atoms with van der Waals surface area (Å²) in [6.07, 6.45) is 12.4. The van der Waals surface area contributed by atoms with Crippen molar-refractivity contribution in [1.29, 1.82) is 0 Å². The Hall–Kier alpha value is -0.980. The Kier molecular flexibility index (Phi) is 7.64. The number of hydrogen-bond acceptors (Lipinski definition) is 1. The average molecular weight is 374 g/mol. The smallest absolute Gasteiger partial charge is 0.0289 e. The van der Waals surface area contributed by atoms with Gasteiger partial charge in [-0.2, -0.15) is 0 Å². The third-order valence-corrected chi connectivity index (χ3v) is 6.04. The van der Waals surface area contributed by atoms with Gasteiger partial charge in [0.05, 0.1) is 0 Å². The van der Waals surface area contributed by atoms with Crippen molar-refractivity contribution in [2.45, 2.75) is 113 Å². The maximum Gasteiger partial charge on any atom is 0.0289 e. The van der Waals surface area contributed by atoms with Gasteiger partial charge >= 0.3 is 0 Å². The summed E-state index contributed by atoms with van der Waals surface area (Å²) in [5.41, 5.74) is 4.87. The first-order valence-corrected chi connectivity index (χ1v) is 11.0. The summed E-state index contributed by atoms with van der Waals surface area (Å²) in [4.78, 5) is 0. The zero-order valence-electron chi connectivity index (χ0n) is 20.1. The molecule has 1 saturated carbocycles. The van der Waals surface area contributed by atoms with E-state index in [1.807, 2.05) is 0 Å². The van der Waals surface area contributed by atoms with Gasteiger partial charge in [0.25, 0.3) is 0 Å². The Bertz CT molecular complexity index is 576. The van der Waals surface area contributed by atoms with Crippen molar-refractivity contribution < 1.29 is 0 Å². The molecule has 1 aliphatic carbocycles. The molecule has 0 atom stereocenters. The van der Waals surface area contributed by atoms with E-state index in [1.54, 1.807) is 5.57 Å². The molecule has 1 fully saturated rings. The van der Waals surface area contributed by atoms with E-state index in [9.17, 15) is 0 Å². The molecule has 156 valence electrons. The highest BCUT2D eigenvalue weighted by Gasteiger charge is 2.39. The fraction of sp³-hybridized carbons (Fsp3) is 0.769. The number of rotatable bonds is 7. The molecule has 0 radical (unpaired) electrons. The van der Waals surface area contributed by atoms with Crippen molar-refractivity contribution in [3.8, 4) is 0 Å². The van der Waals surface area contributed by atoms with Crippen LogP contribution >= 0.6 is 0 Å². The van der Waals surface area contributed by atoms with Crippen molar-refractivity contribution in [2.75, 3.05) is 0 Å². The van der Waals surface area contributed by atoms with Crippen LogP contribution in [0.1, 0.15) is 108 Å². The summed E-state index contributed by atoms with van der Waals surface area (Å²) in [6.45, 7) is 27.7. The minimum absolute atomic E-state index is 0.0362. The summed E-state index contributed by atoms with van der Waals surface area (Å²) in [6, 6.07) is 0. The normalized spacial score (nSPS) is 22.9. The van der Waals surface area contributed by atoms with E-state index >= 15 is 0 Å². The average Bonchev–Trinajstić information content (AvgIpc) is 2.47. The maximum atomic E-state index is 4.32. The van der Waals surface area contributed by atoms with Crippen LogP contribution in [0, 0.1) is 16.2 Å². The SMILES string of the molecule is C=C(/C=C1\C(=C/CC(C)(C)CCCC)C(C)(C)CCC1(C)C)NC(C)(C)C. The highest BCUT2D eigenvalue weighted by Crippen LogP contribution is 2.52. The van der Waals surface area contributed by atoms with E-state index in [0.717, 1.165) is 12.1 Å². The lowest BCUT2D eigenvalue weighted by atomic mass is 9.60. The van der Waals surface area contributed by atoms with Crippen LogP contribution < -0.4 is 5.32 Å². The van der Waals surface area contributed by atoms with Crippen LogP contribution in [0.3, 0.4) is 0 Å². The zero-order chi connectivity index (χ0) is 21.1. The summed E-state index contributed by atoms with van der Waals surface area (Å²) < 4.78 is 0. The topological polar surface area (TPSA) is 12.0 Å². The van der Waals surface area contributed by atoms with Crippen LogP contribution in [-0.4, -0.2) is 5.54 Å². The van der Waals surface area contributed by atoms with Gasteiger partial charge in [-0.15, -0.1) is 0 Å². The molecule has 1 heteroatoms. The Balaban J connectivity index is 3.26. The number of hydrogen-bond donors (Lipinski definition) is 1. The first kappa shape index (κ1) is 24.1. The second kappa shape index (κ2) is 8.58. The van der Waals surface area contributed by atoms with Gasteiger partial charge in [0, 0.05) is 11.2 Å². The van der Waals surface area contributed by atoms with E-state index < -0.39 is 0 Å². The van der Waals surface area contributed by atoms with Gasteiger partial charge in [-0.3, -0.25) is 0 Å². The molecule has 0 unspecified atom stereocenters. The number of unbranched alkanes of at least 4 members (excludes halogenated alkanes) is 1. The highest BCUT2D eigenvalue weighted by molar-refractivity contribution is 5.45. The molecule has 0 heterocycles. The van der Waals surface area contributed by atoms with Gasteiger partial charge in [0.2, 0.25) is 0 Å². The van der Waals surface area contributed by atoms with Crippen LogP contribution in [0.2, 0.25) is 0 Å². The van der Waals surface area contributed by atoms with Gasteiger partial charge in [0.15, 0.2) is 0 Å². The molecule has 0 bridgehead atoms. The minimum Gasteiger partial charge on any atom is -0.381 e. The second-order valence-electron chi connectivity index (χ2n) is 11.8. The Labute approximate surface area is 170 Å². The van der Waals surface area contributed by atoms with E-state index in [2.05, 4.69) is 93.3 Å². The van der Waals surface area contributed by atoms with E-state index in [1.165, 1.54) is 37.7 Å². The molecular formula is C26H47N. The fourth-order valence-corrected chi connectivity index (χ4v) is 4.11. The summed E-state index contributed by atoms with van der Waals surface area (Å²) in [7, 11) is 0. The van der Waals surface area contributed by atoms with Gasteiger partial charge in [-0.1, -0.05) is 74.0 Å². The third kappa shape index (κ3) is 7.51. The van der Waals surface area contributed by atoms with Crippen LogP contribution in [0.4, 0.5) is 0 Å². The van der Waals surface area contributed by atoms with E-state index in [4.69, 9.17) is 0 Å². The lowest BCUT2D eigenvalue weighted by Crippen LogP contribution is -2.36. The van der Waals surface area contributed by atoms with Crippen molar-refractivity contribution in [1.82, 2.24) is 5.32 Å². The molecule has 0 spiro atoms. The maximum absolute atomic E-state index is 4.32. The molecule has 0 saturated heterocycles. The largest absolute Gasteiger partial charge is 0.381 e. The first-order valence-electron chi connectivity index (χ1n) is 11.0. The molecular weight excluding hydrogens is 326 g/mol. The lowest BCUT2D eigenvalue weighted by Gasteiger charge is -2.45. The molecule has 1 aliphatic rings. The van der Waals surface area contributed by atoms with Gasteiger partial charge < -0.3 is 5.32 Å². The fourth-order valence-electron chi connectivity index (χ4n) is 4.11. The van der Waals surface area contributed by atoms with Crippen molar-refractivity contribution in [3.63, 3.8) is 0 Å². The van der Waals surface area contributed by atoms with Crippen LogP contribution in [-0.2, 0) is 0 Å². The number of nitrogens with one attached hydrogen (secondary N) is 1. The zero-order valence-corrected chi connectivity index (χ0v) is 20.1. The van der Waals surface area contributed by atoms with Crippen LogP contribution in [0.15, 0.2) is 35.6 Å². The standard InChI is InChI=1S/C26H47N/c1-12-13-15-24(6,7)16-14-21-22(19-20(2)27-23(3,4)5)26(10,11)18-17-25(21,8)9/h14,19,27H,2,12-13,15-18H2,1,3-11H3/b21-14+,22-19+. The molecule has 0 aromatic heterocycles. The van der Waals surface area contributed by atoms with Crippen LogP contribution in [0.5, 0.6) is 0 Å². The Morgan fingerprint density at radius 1 is 1.00 bits per heavy atom. The summed E-state index contributed by atoms with van der Waals surface area (Å²) >= 11 is 0. The van der Waals surface area contributed by atoms with Gasteiger partial charge in [0.1, 0.15) is 0 Å². The molecule has 0 aromatic rings. The van der Waals surface area contributed by atoms with Crippen molar-refractivity contribution in [2.24, 2.45) is 16.2 Å². The van der Waals surface area contributed by atoms with Crippen molar-refractivity contribution >= 4 is 0 Å². The van der Waals surface area contributed by atoms with E-state index in [-0.39, 0.29) is 16.4 Å². The van der Waals surface area contributed by atoms with Crippen LogP contribution in [0.25, 0.3) is 0 Å². The van der Waals surface area contributed by atoms with Crippen molar-refractivity contribution in [3.05, 3.63) is 35.6 Å². The molecule has 27 heavy (non-hydrogen) atoms. The first-order chi connectivity index (χ1) is 12.1. The lowest BCUT2D eigenvalue weighted by molar-refractivity contribution is 0.255. The van der Waals surface area contributed by atoms with Gasteiger partial charge in [-0.25, -0.2) is 0 Å². The minimum atomic E-state index is 0.0362.